The standard InChI is InChI=1S/C13H19BrN2O3S/c1-15-9-10-4-3-7-16(10)20(17,18)11-5-6-12(14)13(8-11)19-2/h5-6,8,10,15H,3-4,7,9H2,1-2H3/t10-/m1/s1. The molecule has 0 radical (unpaired) electrons. The van der Waals surface area contributed by atoms with Crippen LogP contribution < -0.4 is 10.1 Å². The molecule has 1 N–H and O–H groups in total. The third-order valence-corrected chi connectivity index (χ3v) is 6.09. The molecule has 0 spiro atoms. The number of rotatable bonds is 5. The predicted molar refractivity (Wildman–Crippen MR) is 81.5 cm³/mol. The van der Waals surface area contributed by atoms with Crippen molar-refractivity contribution in [1.29, 1.82) is 0 Å². The van der Waals surface area contributed by atoms with Crippen LogP contribution in [0.15, 0.2) is 27.6 Å². The number of likely N-dealkylation sites (N-methyl/N-ethyl adjacent to an activating group) is 1. The Kier molecular flexibility index (Phi) is 5.06. The van der Waals surface area contributed by atoms with Gasteiger partial charge in [0.05, 0.1) is 16.5 Å². The summed E-state index contributed by atoms with van der Waals surface area (Å²) in [4.78, 5) is 0.278. The molecule has 1 aromatic carbocycles. The van der Waals surface area contributed by atoms with Crippen LogP contribution >= 0.6 is 15.9 Å². The first kappa shape index (κ1) is 15.8. The summed E-state index contributed by atoms with van der Waals surface area (Å²) in [6.45, 7) is 1.25. The molecule has 1 saturated heterocycles. The number of sulfonamides is 1. The van der Waals surface area contributed by atoms with E-state index in [-0.39, 0.29) is 10.9 Å². The minimum Gasteiger partial charge on any atom is -0.496 e. The third kappa shape index (κ3) is 3.00. The van der Waals surface area contributed by atoms with Gasteiger partial charge in [0.2, 0.25) is 10.0 Å². The highest BCUT2D eigenvalue weighted by Crippen LogP contribution is 2.31. The molecular weight excluding hydrogens is 344 g/mol. The van der Waals surface area contributed by atoms with Crippen LogP contribution in [0, 0.1) is 0 Å². The summed E-state index contributed by atoms with van der Waals surface area (Å²) >= 11 is 3.33. The van der Waals surface area contributed by atoms with Crippen LogP contribution in [-0.4, -0.2) is 46.0 Å². The number of nitrogens with zero attached hydrogens (tertiary/aromatic N) is 1. The van der Waals surface area contributed by atoms with Gasteiger partial charge in [0, 0.05) is 25.2 Å². The molecule has 5 nitrogen and oxygen atoms in total. The smallest absolute Gasteiger partial charge is 0.243 e. The van der Waals surface area contributed by atoms with Gasteiger partial charge < -0.3 is 10.1 Å². The fourth-order valence-electron chi connectivity index (χ4n) is 2.50. The van der Waals surface area contributed by atoms with E-state index in [1.165, 1.54) is 7.11 Å². The molecule has 1 fully saturated rings. The van der Waals surface area contributed by atoms with Gasteiger partial charge in [0.25, 0.3) is 0 Å². The van der Waals surface area contributed by atoms with E-state index >= 15 is 0 Å². The van der Waals surface area contributed by atoms with Gasteiger partial charge in [-0.1, -0.05) is 0 Å². The molecule has 1 aliphatic heterocycles. The van der Waals surface area contributed by atoms with E-state index in [0.29, 0.717) is 18.8 Å². The number of halogens is 1. The Labute approximate surface area is 128 Å². The summed E-state index contributed by atoms with van der Waals surface area (Å²) in [6.07, 6.45) is 1.80. The highest BCUT2D eigenvalue weighted by atomic mass is 79.9. The Morgan fingerprint density at radius 3 is 2.90 bits per heavy atom. The van der Waals surface area contributed by atoms with Gasteiger partial charge in [0.1, 0.15) is 5.75 Å². The summed E-state index contributed by atoms with van der Waals surface area (Å²) in [6, 6.07) is 4.90. The zero-order valence-corrected chi connectivity index (χ0v) is 14.0. The van der Waals surface area contributed by atoms with Gasteiger partial charge in [-0.2, -0.15) is 4.31 Å². The molecule has 7 heteroatoms. The Balaban J connectivity index is 2.34. The van der Waals surface area contributed by atoms with Crippen molar-refractivity contribution in [3.8, 4) is 5.75 Å². The summed E-state index contributed by atoms with van der Waals surface area (Å²) in [7, 11) is -0.104. The molecule has 1 aromatic rings. The molecule has 0 aromatic heterocycles. The highest BCUT2D eigenvalue weighted by Gasteiger charge is 2.35. The van der Waals surface area contributed by atoms with Crippen molar-refractivity contribution in [3.05, 3.63) is 22.7 Å². The lowest BCUT2D eigenvalue weighted by Gasteiger charge is -2.24. The van der Waals surface area contributed by atoms with Crippen molar-refractivity contribution in [2.75, 3.05) is 27.2 Å². The van der Waals surface area contributed by atoms with Gasteiger partial charge in [-0.05, 0) is 48.0 Å². The van der Waals surface area contributed by atoms with Crippen LogP contribution in [0.2, 0.25) is 0 Å². The first-order chi connectivity index (χ1) is 9.50. The lowest BCUT2D eigenvalue weighted by Crippen LogP contribution is -2.40. The van der Waals surface area contributed by atoms with E-state index in [2.05, 4.69) is 21.2 Å². The number of benzene rings is 1. The number of hydrogen-bond donors (Lipinski definition) is 1. The topological polar surface area (TPSA) is 58.6 Å². The molecule has 2 rings (SSSR count). The highest BCUT2D eigenvalue weighted by molar-refractivity contribution is 9.10. The molecular formula is C13H19BrN2O3S. The fourth-order valence-corrected chi connectivity index (χ4v) is 4.62. The van der Waals surface area contributed by atoms with Crippen molar-refractivity contribution in [2.45, 2.75) is 23.8 Å². The second-order valence-corrected chi connectivity index (χ2v) is 7.51. The van der Waals surface area contributed by atoms with Crippen LogP contribution in [0.5, 0.6) is 5.75 Å². The second kappa shape index (κ2) is 6.43. The second-order valence-electron chi connectivity index (χ2n) is 4.77. The predicted octanol–water partition coefficient (Wildman–Crippen LogP) is 1.83. The van der Waals surface area contributed by atoms with E-state index in [0.717, 1.165) is 17.3 Å². The minimum absolute atomic E-state index is 0.0274. The third-order valence-electron chi connectivity index (χ3n) is 3.49. The average Bonchev–Trinajstić information content (AvgIpc) is 2.88. The number of hydrogen-bond acceptors (Lipinski definition) is 4. The lowest BCUT2D eigenvalue weighted by atomic mass is 10.2. The van der Waals surface area contributed by atoms with Crippen LogP contribution in [0.25, 0.3) is 0 Å². The number of ether oxygens (including phenoxy) is 1. The maximum absolute atomic E-state index is 12.7. The van der Waals surface area contributed by atoms with Crippen LogP contribution in [0.1, 0.15) is 12.8 Å². The van der Waals surface area contributed by atoms with Crippen molar-refractivity contribution in [3.63, 3.8) is 0 Å². The molecule has 20 heavy (non-hydrogen) atoms. The molecule has 0 unspecified atom stereocenters. The Morgan fingerprint density at radius 2 is 2.25 bits per heavy atom. The van der Waals surface area contributed by atoms with Gasteiger partial charge in [-0.3, -0.25) is 0 Å². The van der Waals surface area contributed by atoms with Crippen LogP contribution in [0.3, 0.4) is 0 Å². The molecule has 1 atom stereocenters. The van der Waals surface area contributed by atoms with Crippen molar-refractivity contribution >= 4 is 26.0 Å². The zero-order chi connectivity index (χ0) is 14.8. The fraction of sp³-hybridized carbons (Fsp3) is 0.538. The lowest BCUT2D eigenvalue weighted by molar-refractivity contribution is 0.378. The molecule has 0 aliphatic carbocycles. The van der Waals surface area contributed by atoms with E-state index in [1.54, 1.807) is 22.5 Å². The summed E-state index contributed by atoms with van der Waals surface area (Å²) in [5.41, 5.74) is 0. The first-order valence-corrected chi connectivity index (χ1v) is 8.74. The quantitative estimate of drug-likeness (QED) is 0.867. The molecule has 1 heterocycles. The number of methoxy groups -OCH3 is 1. The SMILES string of the molecule is CNC[C@H]1CCCN1S(=O)(=O)c1ccc(Br)c(OC)c1. The van der Waals surface area contributed by atoms with Crippen LogP contribution in [0.4, 0.5) is 0 Å². The van der Waals surface area contributed by atoms with Crippen LogP contribution in [-0.2, 0) is 10.0 Å². The van der Waals surface area contributed by atoms with E-state index < -0.39 is 10.0 Å². The molecule has 112 valence electrons. The monoisotopic (exact) mass is 362 g/mol. The molecule has 1 aliphatic rings. The van der Waals surface area contributed by atoms with E-state index in [4.69, 9.17) is 4.74 Å². The summed E-state index contributed by atoms with van der Waals surface area (Å²) in [5, 5.41) is 3.06. The maximum atomic E-state index is 12.7. The molecule has 0 bridgehead atoms. The molecule has 0 saturated carbocycles. The average molecular weight is 363 g/mol. The van der Waals surface area contributed by atoms with Crippen molar-refractivity contribution in [1.82, 2.24) is 9.62 Å². The zero-order valence-electron chi connectivity index (χ0n) is 11.6. The summed E-state index contributed by atoms with van der Waals surface area (Å²) in [5.74, 6) is 0.524. The Bertz CT molecular complexity index is 577. The normalized spacial score (nSPS) is 20.2. The van der Waals surface area contributed by atoms with Gasteiger partial charge >= 0.3 is 0 Å². The largest absolute Gasteiger partial charge is 0.496 e. The Morgan fingerprint density at radius 1 is 1.50 bits per heavy atom. The molecule has 0 amide bonds. The number of nitrogens with one attached hydrogen (secondary N) is 1. The van der Waals surface area contributed by atoms with Crippen molar-refractivity contribution < 1.29 is 13.2 Å². The maximum Gasteiger partial charge on any atom is 0.243 e. The van der Waals surface area contributed by atoms with Gasteiger partial charge in [0.15, 0.2) is 0 Å². The Hall–Kier alpha value is -0.630. The van der Waals surface area contributed by atoms with E-state index in [1.807, 2.05) is 7.05 Å². The van der Waals surface area contributed by atoms with Gasteiger partial charge in [-0.25, -0.2) is 8.42 Å². The first-order valence-electron chi connectivity index (χ1n) is 6.50. The minimum atomic E-state index is -3.47. The van der Waals surface area contributed by atoms with E-state index in [9.17, 15) is 8.42 Å². The van der Waals surface area contributed by atoms with Gasteiger partial charge in [-0.15, -0.1) is 0 Å². The summed E-state index contributed by atoms with van der Waals surface area (Å²) < 4.78 is 33.0. The van der Waals surface area contributed by atoms with Crippen molar-refractivity contribution in [2.24, 2.45) is 0 Å².